The van der Waals surface area contributed by atoms with Crippen LogP contribution in [-0.2, 0) is 4.74 Å². The summed E-state index contributed by atoms with van der Waals surface area (Å²) in [4.78, 5) is 0. The van der Waals surface area contributed by atoms with Crippen molar-refractivity contribution in [1.82, 2.24) is 5.32 Å². The van der Waals surface area contributed by atoms with Crippen molar-refractivity contribution in [2.45, 2.75) is 83.5 Å². The van der Waals surface area contributed by atoms with Gasteiger partial charge in [0.1, 0.15) is 0 Å². The Morgan fingerprint density at radius 3 is 2.22 bits per heavy atom. The number of hydrogen-bond acceptors (Lipinski definition) is 2. The van der Waals surface area contributed by atoms with Gasteiger partial charge in [0.25, 0.3) is 0 Å². The van der Waals surface area contributed by atoms with Gasteiger partial charge in [-0.3, -0.25) is 0 Å². The van der Waals surface area contributed by atoms with E-state index in [9.17, 15) is 0 Å². The molecular weight excluding hydrogens is 222 g/mol. The first kappa shape index (κ1) is 14.3. The van der Waals surface area contributed by atoms with Gasteiger partial charge in [-0.2, -0.15) is 0 Å². The monoisotopic (exact) mass is 253 g/mol. The predicted molar refractivity (Wildman–Crippen MR) is 76.8 cm³/mol. The maximum Gasteiger partial charge on any atom is 0.0666 e. The average Bonchev–Trinajstić information content (AvgIpc) is 2.44. The van der Waals surface area contributed by atoms with Gasteiger partial charge in [0.2, 0.25) is 0 Å². The molecule has 0 aromatic rings. The van der Waals surface area contributed by atoms with Crippen LogP contribution in [-0.4, -0.2) is 24.3 Å². The predicted octanol–water partition coefficient (Wildman–Crippen LogP) is 3.75. The lowest BCUT2D eigenvalue weighted by molar-refractivity contribution is -0.0818. The molecule has 0 radical (unpaired) electrons. The smallest absolute Gasteiger partial charge is 0.0666 e. The molecule has 18 heavy (non-hydrogen) atoms. The molecule has 2 heteroatoms. The normalized spacial score (nSPS) is 39.5. The maximum atomic E-state index is 6.31. The zero-order chi connectivity index (χ0) is 13.4. The van der Waals surface area contributed by atoms with Crippen LogP contribution in [0.2, 0.25) is 0 Å². The second-order valence-electron chi connectivity index (χ2n) is 7.47. The fraction of sp³-hybridized carbons (Fsp3) is 1.00. The highest BCUT2D eigenvalue weighted by molar-refractivity contribution is 5.00. The largest absolute Gasteiger partial charge is 0.369 e. The lowest BCUT2D eigenvalue weighted by Gasteiger charge is -2.36. The van der Waals surface area contributed by atoms with E-state index in [1.807, 2.05) is 0 Å². The molecule has 2 aliphatic rings. The van der Waals surface area contributed by atoms with Gasteiger partial charge >= 0.3 is 0 Å². The Kier molecular flexibility index (Phi) is 4.08. The Hall–Kier alpha value is -0.0800. The second-order valence-corrected chi connectivity index (χ2v) is 7.47. The van der Waals surface area contributed by atoms with Crippen LogP contribution in [0.5, 0.6) is 0 Å². The molecule has 2 rings (SSSR count). The lowest BCUT2D eigenvalue weighted by atomic mass is 9.72. The van der Waals surface area contributed by atoms with Crippen molar-refractivity contribution in [3.63, 3.8) is 0 Å². The Labute approximate surface area is 113 Å². The minimum atomic E-state index is 0.0353. The molecule has 0 amide bonds. The number of ether oxygens (including phenoxy) is 1. The van der Waals surface area contributed by atoms with E-state index in [1.165, 1.54) is 38.5 Å². The van der Waals surface area contributed by atoms with Gasteiger partial charge in [0.05, 0.1) is 11.2 Å². The lowest BCUT2D eigenvalue weighted by Crippen LogP contribution is -2.43. The van der Waals surface area contributed by atoms with E-state index in [4.69, 9.17) is 4.74 Å². The van der Waals surface area contributed by atoms with Gasteiger partial charge in [-0.1, -0.05) is 19.3 Å². The maximum absolute atomic E-state index is 6.31. The first-order valence-corrected chi connectivity index (χ1v) is 7.73. The topological polar surface area (TPSA) is 21.3 Å². The van der Waals surface area contributed by atoms with Crippen molar-refractivity contribution in [2.75, 3.05) is 7.05 Å². The molecule has 1 N–H and O–H groups in total. The minimum absolute atomic E-state index is 0.0353. The van der Waals surface area contributed by atoms with Crippen LogP contribution in [0.15, 0.2) is 0 Å². The molecule has 0 aromatic heterocycles. The summed E-state index contributed by atoms with van der Waals surface area (Å²) in [5, 5.41) is 3.58. The molecule has 2 fully saturated rings. The summed E-state index contributed by atoms with van der Waals surface area (Å²) in [7, 11) is 2.14. The quantitative estimate of drug-likeness (QED) is 0.757. The molecule has 1 aliphatic heterocycles. The van der Waals surface area contributed by atoms with E-state index < -0.39 is 0 Å². The Balaban J connectivity index is 2.17. The van der Waals surface area contributed by atoms with Crippen LogP contribution in [0.3, 0.4) is 0 Å². The molecule has 1 saturated carbocycles. The van der Waals surface area contributed by atoms with Gasteiger partial charge in [0, 0.05) is 6.04 Å². The zero-order valence-electron chi connectivity index (χ0n) is 12.9. The number of nitrogens with one attached hydrogen (secondary N) is 1. The molecule has 2 nitrogen and oxygen atoms in total. The Morgan fingerprint density at radius 2 is 1.67 bits per heavy atom. The molecule has 0 bridgehead atoms. The third-order valence-electron chi connectivity index (χ3n) is 5.10. The van der Waals surface area contributed by atoms with Crippen molar-refractivity contribution in [2.24, 2.45) is 11.8 Å². The SMILES string of the molecule is CNC1CCCCCC1C1CC(C)(C)OC1(C)C. The highest BCUT2D eigenvalue weighted by Gasteiger charge is 2.50. The van der Waals surface area contributed by atoms with Crippen molar-refractivity contribution < 1.29 is 4.74 Å². The molecule has 0 aromatic carbocycles. The van der Waals surface area contributed by atoms with Crippen LogP contribution < -0.4 is 5.32 Å². The fourth-order valence-corrected chi connectivity index (χ4v) is 4.45. The van der Waals surface area contributed by atoms with Gasteiger partial charge in [0.15, 0.2) is 0 Å². The van der Waals surface area contributed by atoms with E-state index in [0.717, 1.165) is 5.92 Å². The third-order valence-corrected chi connectivity index (χ3v) is 5.10. The minimum Gasteiger partial charge on any atom is -0.369 e. The number of hydrogen-bond donors (Lipinski definition) is 1. The summed E-state index contributed by atoms with van der Waals surface area (Å²) >= 11 is 0. The van der Waals surface area contributed by atoms with Crippen LogP contribution in [0.4, 0.5) is 0 Å². The van der Waals surface area contributed by atoms with Crippen molar-refractivity contribution in [3.8, 4) is 0 Å². The Morgan fingerprint density at radius 1 is 1.00 bits per heavy atom. The first-order chi connectivity index (χ1) is 8.36. The highest BCUT2D eigenvalue weighted by atomic mass is 16.5. The van der Waals surface area contributed by atoms with E-state index >= 15 is 0 Å². The van der Waals surface area contributed by atoms with E-state index in [1.54, 1.807) is 0 Å². The summed E-state index contributed by atoms with van der Waals surface area (Å²) in [6.07, 6.45) is 8.12. The first-order valence-electron chi connectivity index (χ1n) is 7.73. The van der Waals surface area contributed by atoms with E-state index in [-0.39, 0.29) is 11.2 Å². The highest BCUT2D eigenvalue weighted by Crippen LogP contribution is 2.48. The standard InChI is InChI=1S/C16H31NO/c1-15(2)11-13(16(3,4)18-15)12-9-7-6-8-10-14(12)17-5/h12-14,17H,6-11H2,1-5H3. The molecule has 1 saturated heterocycles. The third kappa shape index (κ3) is 2.91. The van der Waals surface area contributed by atoms with E-state index in [2.05, 4.69) is 40.1 Å². The van der Waals surface area contributed by atoms with Crippen molar-refractivity contribution in [1.29, 1.82) is 0 Å². The molecule has 1 aliphatic carbocycles. The molecule has 106 valence electrons. The Bertz CT molecular complexity index is 285. The van der Waals surface area contributed by atoms with Crippen LogP contribution in [0.1, 0.15) is 66.2 Å². The average molecular weight is 253 g/mol. The van der Waals surface area contributed by atoms with Gasteiger partial charge in [-0.25, -0.2) is 0 Å². The summed E-state index contributed by atoms with van der Waals surface area (Å²) in [5.74, 6) is 1.48. The van der Waals surface area contributed by atoms with Gasteiger partial charge < -0.3 is 10.1 Å². The second kappa shape index (κ2) is 5.13. The van der Waals surface area contributed by atoms with Crippen molar-refractivity contribution in [3.05, 3.63) is 0 Å². The van der Waals surface area contributed by atoms with Crippen LogP contribution in [0.25, 0.3) is 0 Å². The molecule has 1 heterocycles. The van der Waals surface area contributed by atoms with Gasteiger partial charge in [-0.15, -0.1) is 0 Å². The van der Waals surface area contributed by atoms with Crippen molar-refractivity contribution >= 4 is 0 Å². The molecule has 3 unspecified atom stereocenters. The molecule has 3 atom stereocenters. The zero-order valence-corrected chi connectivity index (χ0v) is 12.9. The van der Waals surface area contributed by atoms with Crippen LogP contribution >= 0.6 is 0 Å². The van der Waals surface area contributed by atoms with Gasteiger partial charge in [-0.05, 0) is 65.8 Å². The van der Waals surface area contributed by atoms with Crippen LogP contribution in [0, 0.1) is 11.8 Å². The number of rotatable bonds is 2. The summed E-state index contributed by atoms with van der Waals surface area (Å²) in [5.41, 5.74) is 0.0897. The summed E-state index contributed by atoms with van der Waals surface area (Å²) in [6, 6.07) is 0.689. The molecular formula is C16H31NO. The summed E-state index contributed by atoms with van der Waals surface area (Å²) in [6.45, 7) is 9.09. The summed E-state index contributed by atoms with van der Waals surface area (Å²) < 4.78 is 6.31. The fourth-order valence-electron chi connectivity index (χ4n) is 4.45. The van der Waals surface area contributed by atoms with E-state index in [0.29, 0.717) is 12.0 Å². The molecule has 0 spiro atoms.